The molecule has 2 heterocycles. The summed E-state index contributed by atoms with van der Waals surface area (Å²) in [6.45, 7) is 2.03. The van der Waals surface area contributed by atoms with E-state index in [1.54, 1.807) is 16.8 Å². The third kappa shape index (κ3) is 2.23. The quantitative estimate of drug-likeness (QED) is 0.786. The molecule has 100 valence electrons. The van der Waals surface area contributed by atoms with Crippen LogP contribution >= 0.6 is 11.6 Å². The van der Waals surface area contributed by atoms with Gasteiger partial charge >= 0.3 is 0 Å². The highest BCUT2D eigenvalue weighted by atomic mass is 35.5. The van der Waals surface area contributed by atoms with E-state index in [1.165, 1.54) is 0 Å². The number of nitrogens with zero attached hydrogens (tertiary/aromatic N) is 4. The highest BCUT2D eigenvalue weighted by Gasteiger charge is 2.11. The van der Waals surface area contributed by atoms with Gasteiger partial charge in [-0.2, -0.15) is 9.78 Å². The maximum Gasteiger partial charge on any atom is 0.178 e. The second kappa shape index (κ2) is 4.94. The van der Waals surface area contributed by atoms with Crippen LogP contribution in [0.3, 0.4) is 0 Å². The average molecular weight is 286 g/mol. The lowest BCUT2D eigenvalue weighted by Gasteiger charge is -2.02. The fourth-order valence-electron chi connectivity index (χ4n) is 1.99. The van der Waals surface area contributed by atoms with E-state index in [4.69, 9.17) is 17.3 Å². The zero-order chi connectivity index (χ0) is 14.1. The standard InChI is InChI=1S/C14H12ClN5/c1-9-4-2-3-5-10(9)11-8-13(16)20(19-11)14-7-6-12(15)17-18-14/h2-8H,16H2,1H3. The molecule has 2 aromatic heterocycles. The molecule has 0 fully saturated rings. The van der Waals surface area contributed by atoms with Crippen LogP contribution in [0.25, 0.3) is 17.1 Å². The molecule has 0 amide bonds. The molecule has 0 aliphatic carbocycles. The van der Waals surface area contributed by atoms with Crippen LogP contribution in [0, 0.1) is 6.92 Å². The molecular weight excluding hydrogens is 274 g/mol. The Bertz CT molecular complexity index is 749. The Morgan fingerprint density at radius 3 is 2.60 bits per heavy atom. The van der Waals surface area contributed by atoms with Crippen molar-refractivity contribution in [2.45, 2.75) is 6.92 Å². The van der Waals surface area contributed by atoms with Crippen molar-refractivity contribution in [1.29, 1.82) is 0 Å². The van der Waals surface area contributed by atoms with Crippen molar-refractivity contribution in [2.24, 2.45) is 0 Å². The van der Waals surface area contributed by atoms with E-state index < -0.39 is 0 Å². The summed E-state index contributed by atoms with van der Waals surface area (Å²) in [5, 5.41) is 12.6. The van der Waals surface area contributed by atoms with Gasteiger partial charge in [-0.25, -0.2) is 0 Å². The molecule has 0 saturated carbocycles. The first-order valence-corrected chi connectivity index (χ1v) is 6.44. The second-order valence-electron chi connectivity index (χ2n) is 4.40. The Morgan fingerprint density at radius 2 is 1.90 bits per heavy atom. The SMILES string of the molecule is Cc1ccccc1-c1cc(N)n(-c2ccc(Cl)nn2)n1. The molecule has 0 unspecified atom stereocenters. The highest BCUT2D eigenvalue weighted by Crippen LogP contribution is 2.25. The molecule has 1 aromatic carbocycles. The number of anilines is 1. The van der Waals surface area contributed by atoms with Crippen molar-refractivity contribution in [1.82, 2.24) is 20.0 Å². The summed E-state index contributed by atoms with van der Waals surface area (Å²) in [5.41, 5.74) is 8.98. The van der Waals surface area contributed by atoms with Crippen LogP contribution in [-0.4, -0.2) is 20.0 Å². The van der Waals surface area contributed by atoms with Gasteiger partial charge in [0.1, 0.15) is 5.82 Å². The van der Waals surface area contributed by atoms with E-state index in [0.717, 1.165) is 16.8 Å². The lowest BCUT2D eigenvalue weighted by Crippen LogP contribution is -2.04. The topological polar surface area (TPSA) is 69.6 Å². The minimum atomic E-state index is 0.332. The number of nitrogens with two attached hydrogens (primary N) is 1. The Balaban J connectivity index is 2.08. The second-order valence-corrected chi connectivity index (χ2v) is 4.78. The largest absolute Gasteiger partial charge is 0.384 e. The Labute approximate surface area is 121 Å². The fourth-order valence-corrected chi connectivity index (χ4v) is 2.09. The molecule has 0 radical (unpaired) electrons. The molecule has 3 rings (SSSR count). The average Bonchev–Trinajstić information content (AvgIpc) is 2.82. The Morgan fingerprint density at radius 1 is 1.10 bits per heavy atom. The van der Waals surface area contributed by atoms with Gasteiger partial charge in [-0.1, -0.05) is 35.9 Å². The van der Waals surface area contributed by atoms with E-state index in [2.05, 4.69) is 15.3 Å². The first-order chi connectivity index (χ1) is 9.65. The molecule has 2 N–H and O–H groups in total. The molecule has 3 aromatic rings. The van der Waals surface area contributed by atoms with Crippen LogP contribution < -0.4 is 5.73 Å². The number of hydrogen-bond acceptors (Lipinski definition) is 4. The van der Waals surface area contributed by atoms with Crippen molar-refractivity contribution in [3.8, 4) is 17.1 Å². The van der Waals surface area contributed by atoms with Crippen molar-refractivity contribution in [3.05, 3.63) is 53.2 Å². The number of aromatic nitrogens is 4. The monoisotopic (exact) mass is 285 g/mol. The van der Waals surface area contributed by atoms with Crippen LogP contribution in [0.5, 0.6) is 0 Å². The Hall–Kier alpha value is -2.40. The van der Waals surface area contributed by atoms with Gasteiger partial charge < -0.3 is 5.73 Å². The summed E-state index contributed by atoms with van der Waals surface area (Å²) in [7, 11) is 0. The van der Waals surface area contributed by atoms with E-state index in [1.807, 2.05) is 37.3 Å². The summed E-state index contributed by atoms with van der Waals surface area (Å²) < 4.78 is 1.55. The summed E-state index contributed by atoms with van der Waals surface area (Å²) in [6.07, 6.45) is 0. The molecule has 6 heteroatoms. The summed E-state index contributed by atoms with van der Waals surface area (Å²) in [6, 6.07) is 13.2. The zero-order valence-corrected chi connectivity index (χ0v) is 11.5. The molecular formula is C14H12ClN5. The predicted octanol–water partition coefficient (Wildman–Crippen LogP) is 2.87. The maximum atomic E-state index is 6.00. The van der Waals surface area contributed by atoms with Gasteiger partial charge in [0.25, 0.3) is 0 Å². The van der Waals surface area contributed by atoms with E-state index in [-0.39, 0.29) is 0 Å². The minimum Gasteiger partial charge on any atom is -0.384 e. The normalized spacial score (nSPS) is 10.7. The third-order valence-corrected chi connectivity index (χ3v) is 3.19. The van der Waals surface area contributed by atoms with Crippen molar-refractivity contribution >= 4 is 17.4 Å². The van der Waals surface area contributed by atoms with Crippen LogP contribution in [0.15, 0.2) is 42.5 Å². The van der Waals surface area contributed by atoms with Crippen LogP contribution in [0.1, 0.15) is 5.56 Å². The first kappa shape index (κ1) is 12.6. The smallest absolute Gasteiger partial charge is 0.178 e. The number of hydrogen-bond donors (Lipinski definition) is 1. The summed E-state index contributed by atoms with van der Waals surface area (Å²) in [5.74, 6) is 1.03. The highest BCUT2D eigenvalue weighted by molar-refractivity contribution is 6.29. The first-order valence-electron chi connectivity index (χ1n) is 6.06. The molecule has 0 saturated heterocycles. The van der Waals surface area contributed by atoms with Crippen molar-refractivity contribution < 1.29 is 0 Å². The summed E-state index contributed by atoms with van der Waals surface area (Å²) >= 11 is 5.73. The lowest BCUT2D eigenvalue weighted by molar-refractivity contribution is 0.825. The molecule has 0 bridgehead atoms. The van der Waals surface area contributed by atoms with Gasteiger partial charge in [-0.3, -0.25) is 0 Å². The van der Waals surface area contributed by atoms with E-state index >= 15 is 0 Å². The molecule has 0 atom stereocenters. The van der Waals surface area contributed by atoms with Crippen molar-refractivity contribution in [3.63, 3.8) is 0 Å². The van der Waals surface area contributed by atoms with E-state index in [9.17, 15) is 0 Å². The van der Waals surface area contributed by atoms with Crippen LogP contribution in [-0.2, 0) is 0 Å². The molecule has 0 aliphatic rings. The minimum absolute atomic E-state index is 0.332. The predicted molar refractivity (Wildman–Crippen MR) is 78.7 cm³/mol. The van der Waals surface area contributed by atoms with Gasteiger partial charge in [-0.15, -0.1) is 10.2 Å². The summed E-state index contributed by atoms with van der Waals surface area (Å²) in [4.78, 5) is 0. The lowest BCUT2D eigenvalue weighted by atomic mass is 10.1. The number of aryl methyl sites for hydroxylation is 1. The number of halogens is 1. The number of rotatable bonds is 2. The molecule has 20 heavy (non-hydrogen) atoms. The van der Waals surface area contributed by atoms with Gasteiger partial charge in [0.05, 0.1) is 5.69 Å². The van der Waals surface area contributed by atoms with Gasteiger partial charge in [0.2, 0.25) is 0 Å². The number of nitrogen functional groups attached to an aromatic ring is 1. The third-order valence-electron chi connectivity index (χ3n) is 2.99. The van der Waals surface area contributed by atoms with Crippen molar-refractivity contribution in [2.75, 3.05) is 5.73 Å². The van der Waals surface area contributed by atoms with Crippen LogP contribution in [0.2, 0.25) is 5.15 Å². The Kier molecular flexibility index (Phi) is 3.12. The molecule has 0 aliphatic heterocycles. The van der Waals surface area contributed by atoms with Crippen LogP contribution in [0.4, 0.5) is 5.82 Å². The van der Waals surface area contributed by atoms with E-state index in [0.29, 0.717) is 16.8 Å². The maximum absolute atomic E-state index is 6.00. The van der Waals surface area contributed by atoms with Gasteiger partial charge in [0, 0.05) is 11.6 Å². The molecule has 0 spiro atoms. The zero-order valence-electron chi connectivity index (χ0n) is 10.8. The van der Waals surface area contributed by atoms with Gasteiger partial charge in [-0.05, 0) is 24.6 Å². The molecule has 5 nitrogen and oxygen atoms in total. The number of benzene rings is 1. The fraction of sp³-hybridized carbons (Fsp3) is 0.0714. The van der Waals surface area contributed by atoms with Gasteiger partial charge in [0.15, 0.2) is 11.0 Å².